The number of thiazole rings is 1. The number of aromatic nitrogens is 1. The molecule has 1 aliphatic heterocycles. The third-order valence-electron chi connectivity index (χ3n) is 5.27. The highest BCUT2D eigenvalue weighted by Crippen LogP contribution is 2.38. The molecular formula is C21H19F3N2O2S. The first-order valence-electron chi connectivity index (χ1n) is 9.32. The Balaban J connectivity index is 1.75. The number of rotatable bonds is 4. The summed E-state index contributed by atoms with van der Waals surface area (Å²) in [7, 11) is 0. The van der Waals surface area contributed by atoms with E-state index in [4.69, 9.17) is 4.98 Å². The minimum Gasteiger partial charge on any atom is -0.481 e. The van der Waals surface area contributed by atoms with Crippen LogP contribution in [0.15, 0.2) is 48.5 Å². The maximum absolute atomic E-state index is 13.0. The van der Waals surface area contributed by atoms with E-state index >= 15 is 0 Å². The lowest BCUT2D eigenvalue weighted by atomic mass is 9.94. The fraction of sp³-hybridized carbons (Fsp3) is 0.333. The number of nitrogens with zero attached hydrogens (tertiary/aromatic N) is 2. The van der Waals surface area contributed by atoms with Gasteiger partial charge in [-0.1, -0.05) is 24.3 Å². The van der Waals surface area contributed by atoms with Crippen molar-refractivity contribution in [3.8, 4) is 0 Å². The first-order chi connectivity index (χ1) is 13.8. The lowest BCUT2D eigenvalue weighted by molar-refractivity contribution is -0.144. The van der Waals surface area contributed by atoms with Crippen LogP contribution in [0.4, 0.5) is 13.2 Å². The predicted octanol–water partition coefficient (Wildman–Crippen LogP) is 5.20. The summed E-state index contributed by atoms with van der Waals surface area (Å²) < 4.78 is 40.0. The monoisotopic (exact) mass is 420 g/mol. The van der Waals surface area contributed by atoms with Gasteiger partial charge in [0.25, 0.3) is 0 Å². The molecule has 0 aliphatic carbocycles. The smallest absolute Gasteiger partial charge is 0.416 e. The van der Waals surface area contributed by atoms with Gasteiger partial charge in [0.1, 0.15) is 5.01 Å². The van der Waals surface area contributed by atoms with E-state index < -0.39 is 23.6 Å². The molecule has 29 heavy (non-hydrogen) atoms. The van der Waals surface area contributed by atoms with Gasteiger partial charge in [0.2, 0.25) is 0 Å². The summed E-state index contributed by atoms with van der Waals surface area (Å²) in [6, 6.07) is 12.4. The van der Waals surface area contributed by atoms with Crippen LogP contribution in [0, 0.1) is 5.92 Å². The Morgan fingerprint density at radius 1 is 1.17 bits per heavy atom. The fourth-order valence-corrected chi connectivity index (χ4v) is 4.94. The molecule has 2 heterocycles. The molecule has 0 saturated carbocycles. The van der Waals surface area contributed by atoms with Crippen molar-refractivity contribution in [2.24, 2.45) is 5.92 Å². The first kappa shape index (κ1) is 19.8. The summed E-state index contributed by atoms with van der Waals surface area (Å²) in [6.45, 7) is 1.02. The van der Waals surface area contributed by atoms with Crippen LogP contribution in [0.3, 0.4) is 0 Å². The van der Waals surface area contributed by atoms with Crippen molar-refractivity contribution in [2.45, 2.75) is 25.1 Å². The number of piperidine rings is 1. The van der Waals surface area contributed by atoms with Crippen molar-refractivity contribution in [3.63, 3.8) is 0 Å². The Hall–Kier alpha value is -2.45. The minimum atomic E-state index is -4.40. The summed E-state index contributed by atoms with van der Waals surface area (Å²) in [5, 5.41) is 10.2. The molecule has 3 aromatic rings. The molecule has 4 rings (SSSR count). The Bertz CT molecular complexity index is 984. The summed E-state index contributed by atoms with van der Waals surface area (Å²) in [5.41, 5.74) is 0.811. The third kappa shape index (κ3) is 4.13. The highest BCUT2D eigenvalue weighted by Gasteiger charge is 2.34. The molecule has 8 heteroatoms. The zero-order chi connectivity index (χ0) is 20.6. The highest BCUT2D eigenvalue weighted by atomic mass is 32.1. The van der Waals surface area contributed by atoms with Crippen molar-refractivity contribution >= 4 is 27.5 Å². The molecule has 1 aromatic heterocycles. The number of likely N-dealkylation sites (tertiary alicyclic amines) is 1. The molecule has 1 aliphatic rings. The van der Waals surface area contributed by atoms with Crippen LogP contribution < -0.4 is 0 Å². The van der Waals surface area contributed by atoms with Gasteiger partial charge in [-0.2, -0.15) is 13.2 Å². The molecule has 0 spiro atoms. The molecule has 2 aromatic carbocycles. The van der Waals surface area contributed by atoms with E-state index in [0.29, 0.717) is 25.1 Å². The van der Waals surface area contributed by atoms with Gasteiger partial charge in [-0.15, -0.1) is 11.3 Å². The molecular weight excluding hydrogens is 401 g/mol. The number of aliphatic carboxylic acids is 1. The number of carbonyl (C=O) groups is 1. The molecule has 1 fully saturated rings. The topological polar surface area (TPSA) is 53.4 Å². The minimum absolute atomic E-state index is 0.344. The van der Waals surface area contributed by atoms with Crippen LogP contribution in [-0.4, -0.2) is 34.0 Å². The molecule has 0 bridgehead atoms. The van der Waals surface area contributed by atoms with E-state index in [0.717, 1.165) is 33.8 Å². The Morgan fingerprint density at radius 3 is 2.55 bits per heavy atom. The zero-order valence-electron chi connectivity index (χ0n) is 15.4. The van der Waals surface area contributed by atoms with Crippen molar-refractivity contribution in [3.05, 3.63) is 64.7 Å². The quantitative estimate of drug-likeness (QED) is 0.630. The van der Waals surface area contributed by atoms with Crippen LogP contribution in [-0.2, 0) is 11.0 Å². The number of fused-ring (bicyclic) bond motifs is 1. The van der Waals surface area contributed by atoms with E-state index in [9.17, 15) is 23.1 Å². The summed E-state index contributed by atoms with van der Waals surface area (Å²) in [6.07, 6.45) is -3.08. The maximum atomic E-state index is 13.0. The van der Waals surface area contributed by atoms with Crippen molar-refractivity contribution in [2.75, 3.05) is 13.1 Å². The Kier molecular flexibility index (Phi) is 5.31. The lowest BCUT2D eigenvalue weighted by Crippen LogP contribution is -2.41. The molecule has 0 amide bonds. The summed E-state index contributed by atoms with van der Waals surface area (Å²) in [5.74, 6) is -1.33. The number of alkyl halides is 3. The lowest BCUT2D eigenvalue weighted by Gasteiger charge is -2.36. The maximum Gasteiger partial charge on any atom is 0.416 e. The predicted molar refractivity (Wildman–Crippen MR) is 105 cm³/mol. The molecule has 2 unspecified atom stereocenters. The van der Waals surface area contributed by atoms with Crippen LogP contribution in [0.5, 0.6) is 0 Å². The van der Waals surface area contributed by atoms with Gasteiger partial charge in [-0.3, -0.25) is 9.69 Å². The number of carboxylic acid groups (broad SMARTS) is 1. The molecule has 1 saturated heterocycles. The third-order valence-corrected chi connectivity index (χ3v) is 6.35. The number of carboxylic acids is 1. The van der Waals surface area contributed by atoms with E-state index in [2.05, 4.69) is 0 Å². The fourth-order valence-electron chi connectivity index (χ4n) is 3.81. The van der Waals surface area contributed by atoms with Crippen LogP contribution in [0.1, 0.15) is 35.0 Å². The average molecular weight is 420 g/mol. The van der Waals surface area contributed by atoms with Gasteiger partial charge < -0.3 is 5.11 Å². The number of halogens is 3. The van der Waals surface area contributed by atoms with Crippen molar-refractivity contribution < 1.29 is 23.1 Å². The van der Waals surface area contributed by atoms with Gasteiger partial charge in [-0.25, -0.2) is 4.98 Å². The number of hydrogen-bond acceptors (Lipinski definition) is 4. The van der Waals surface area contributed by atoms with Crippen LogP contribution in [0.2, 0.25) is 0 Å². The number of para-hydroxylation sites is 1. The second kappa shape index (κ2) is 7.76. The highest BCUT2D eigenvalue weighted by molar-refractivity contribution is 7.18. The molecule has 0 radical (unpaired) electrons. The van der Waals surface area contributed by atoms with Gasteiger partial charge in [0.15, 0.2) is 0 Å². The van der Waals surface area contributed by atoms with E-state index in [-0.39, 0.29) is 6.04 Å². The molecule has 1 N–H and O–H groups in total. The molecule has 2 atom stereocenters. The summed E-state index contributed by atoms with van der Waals surface area (Å²) in [4.78, 5) is 18.3. The number of hydrogen-bond donors (Lipinski definition) is 1. The van der Waals surface area contributed by atoms with E-state index in [1.165, 1.54) is 23.5 Å². The van der Waals surface area contributed by atoms with Gasteiger partial charge in [-0.05, 0) is 49.2 Å². The molecule has 152 valence electrons. The number of benzene rings is 2. The van der Waals surface area contributed by atoms with Crippen molar-refractivity contribution in [1.82, 2.24) is 9.88 Å². The van der Waals surface area contributed by atoms with Gasteiger partial charge >= 0.3 is 12.1 Å². The van der Waals surface area contributed by atoms with Crippen LogP contribution in [0.25, 0.3) is 10.2 Å². The van der Waals surface area contributed by atoms with E-state index in [1.807, 2.05) is 29.2 Å². The van der Waals surface area contributed by atoms with Gasteiger partial charge in [0.05, 0.1) is 27.7 Å². The van der Waals surface area contributed by atoms with Gasteiger partial charge in [0, 0.05) is 6.54 Å². The van der Waals surface area contributed by atoms with Crippen molar-refractivity contribution in [1.29, 1.82) is 0 Å². The first-order valence-corrected chi connectivity index (χ1v) is 10.1. The standard InChI is InChI=1S/C21H19F3N2O2S/c22-21(23,24)15-9-7-13(8-10-15)18(26-11-3-4-14(12-26)20(27)28)19-25-16-5-1-2-6-17(16)29-19/h1-2,5-10,14,18H,3-4,11-12H2,(H,27,28). The van der Waals surface area contributed by atoms with E-state index in [1.54, 1.807) is 0 Å². The largest absolute Gasteiger partial charge is 0.481 e. The molecule has 4 nitrogen and oxygen atoms in total. The second-order valence-corrected chi connectivity index (χ2v) is 8.28. The summed E-state index contributed by atoms with van der Waals surface area (Å²) >= 11 is 1.49. The Labute approximate surface area is 169 Å². The zero-order valence-corrected chi connectivity index (χ0v) is 16.2. The Morgan fingerprint density at radius 2 is 1.90 bits per heavy atom. The average Bonchev–Trinajstić information content (AvgIpc) is 3.11. The second-order valence-electron chi connectivity index (χ2n) is 7.21. The normalized spacial score (nSPS) is 19.3. The SMILES string of the molecule is O=C(O)C1CCCN(C(c2ccc(C(F)(F)F)cc2)c2nc3ccccc3s2)C1. The van der Waals surface area contributed by atoms with Crippen LogP contribution >= 0.6 is 11.3 Å².